The van der Waals surface area contributed by atoms with Crippen LogP contribution in [-0.2, 0) is 14.6 Å². The highest BCUT2D eigenvalue weighted by Gasteiger charge is 2.29. The second kappa shape index (κ2) is 7.40. The van der Waals surface area contributed by atoms with Crippen LogP contribution in [0.25, 0.3) is 0 Å². The Kier molecular flexibility index (Phi) is 6.51. The first-order chi connectivity index (χ1) is 8.42. The van der Waals surface area contributed by atoms with Gasteiger partial charge in [-0.15, -0.1) is 0 Å². The van der Waals surface area contributed by atoms with E-state index in [9.17, 15) is 8.42 Å². The van der Waals surface area contributed by atoms with Crippen molar-refractivity contribution in [1.29, 1.82) is 0 Å². The Hall–Kier alpha value is -0.210. The van der Waals surface area contributed by atoms with E-state index in [1.54, 1.807) is 0 Å². The smallest absolute Gasteiger partial charge is 0.301 e. The highest BCUT2D eigenvalue weighted by molar-refractivity contribution is 7.80. The molecule has 1 unspecified atom stereocenters. The maximum Gasteiger partial charge on any atom is 0.398 e. The van der Waals surface area contributed by atoms with E-state index in [1.807, 2.05) is 16.8 Å². The van der Waals surface area contributed by atoms with Crippen molar-refractivity contribution in [2.75, 3.05) is 33.2 Å². The zero-order valence-electron chi connectivity index (χ0n) is 11.2. The summed E-state index contributed by atoms with van der Waals surface area (Å²) >= 11 is 0. The molecule has 1 N–H and O–H groups in total. The number of piperazine rings is 1. The largest absolute Gasteiger partial charge is 0.398 e. The minimum Gasteiger partial charge on any atom is -0.301 e. The lowest BCUT2D eigenvalue weighted by Gasteiger charge is -2.38. The average molecular weight is 280 g/mol. The molecule has 1 aliphatic heterocycles. The molecular formula is C11H24N2O4S. The highest BCUT2D eigenvalue weighted by Crippen LogP contribution is 2.13. The molecule has 0 amide bonds. The minimum absolute atomic E-state index is 0.494. The predicted octanol–water partition coefficient (Wildman–Crippen LogP) is 0.960. The zero-order valence-corrected chi connectivity index (χ0v) is 12.0. The van der Waals surface area contributed by atoms with Crippen molar-refractivity contribution in [3.05, 3.63) is 0 Å². The second-order valence-corrected chi connectivity index (χ2v) is 5.89. The molecule has 0 aromatic rings. The van der Waals surface area contributed by atoms with Gasteiger partial charge < -0.3 is 4.90 Å². The molecule has 1 saturated heterocycles. The number of hydrogen-bond donors (Lipinski definition) is 1. The summed E-state index contributed by atoms with van der Waals surface area (Å²) in [4.78, 5) is 3.99. The lowest BCUT2D eigenvalue weighted by molar-refractivity contribution is -0.0338. The molecule has 1 fully saturated rings. The van der Waals surface area contributed by atoms with Gasteiger partial charge in [-0.25, -0.2) is 4.18 Å². The van der Waals surface area contributed by atoms with Gasteiger partial charge >= 0.3 is 10.4 Å². The Morgan fingerprint density at radius 1 is 1.28 bits per heavy atom. The van der Waals surface area contributed by atoms with Gasteiger partial charge in [-0.3, -0.25) is 9.45 Å². The van der Waals surface area contributed by atoms with Crippen LogP contribution in [0.2, 0.25) is 0 Å². The molecule has 0 aromatic heterocycles. The average Bonchev–Trinajstić information content (AvgIpc) is 2.24. The Bertz CT molecular complexity index is 334. The molecule has 1 heterocycles. The van der Waals surface area contributed by atoms with Crippen LogP contribution in [-0.4, -0.2) is 62.2 Å². The van der Waals surface area contributed by atoms with Gasteiger partial charge in [0.05, 0.1) is 0 Å². The van der Waals surface area contributed by atoms with Crippen molar-refractivity contribution < 1.29 is 17.2 Å². The van der Waals surface area contributed by atoms with E-state index in [-0.39, 0.29) is 0 Å². The van der Waals surface area contributed by atoms with Crippen molar-refractivity contribution in [2.45, 2.75) is 38.8 Å². The molecule has 1 aliphatic rings. The fraction of sp³-hybridized carbons (Fsp3) is 1.00. The molecule has 0 spiro atoms. The summed E-state index contributed by atoms with van der Waals surface area (Å²) in [7, 11) is -2.47. The van der Waals surface area contributed by atoms with E-state index in [1.165, 1.54) is 12.8 Å². The lowest BCUT2D eigenvalue weighted by atomic mass is 10.2. The van der Waals surface area contributed by atoms with Gasteiger partial charge in [0.15, 0.2) is 0 Å². The molecule has 6 nitrogen and oxygen atoms in total. The summed E-state index contributed by atoms with van der Waals surface area (Å²) in [5.41, 5.74) is 0. The fourth-order valence-electron chi connectivity index (χ4n) is 2.15. The van der Waals surface area contributed by atoms with Crippen molar-refractivity contribution in [2.24, 2.45) is 0 Å². The third kappa shape index (κ3) is 6.10. The summed E-state index contributed by atoms with van der Waals surface area (Å²) in [5.74, 6) is 0. The Morgan fingerprint density at radius 3 is 2.61 bits per heavy atom. The van der Waals surface area contributed by atoms with Crippen LogP contribution >= 0.6 is 0 Å². The molecule has 0 aliphatic carbocycles. The molecule has 1 atom stereocenters. The van der Waals surface area contributed by atoms with Crippen LogP contribution in [0.1, 0.15) is 32.6 Å². The minimum atomic E-state index is -4.38. The molecule has 0 saturated carbocycles. The summed E-state index contributed by atoms with van der Waals surface area (Å²) < 4.78 is 35.2. The first-order valence-corrected chi connectivity index (χ1v) is 7.87. The van der Waals surface area contributed by atoms with Gasteiger partial charge in [-0.2, -0.15) is 8.42 Å². The summed E-state index contributed by atoms with van der Waals surface area (Å²) in [6.07, 6.45) is 3.97. The molecule has 0 bridgehead atoms. The number of likely N-dealkylation sites (N-methyl/N-ethyl adjacent to an activating group) is 1. The van der Waals surface area contributed by atoms with Gasteiger partial charge in [0.25, 0.3) is 0 Å². The van der Waals surface area contributed by atoms with E-state index >= 15 is 0 Å². The van der Waals surface area contributed by atoms with Gasteiger partial charge in [-0.1, -0.05) is 26.2 Å². The Balaban J connectivity index is 2.46. The first kappa shape index (κ1) is 15.8. The van der Waals surface area contributed by atoms with Gasteiger partial charge in [0, 0.05) is 26.2 Å². The number of rotatable bonds is 7. The fourth-order valence-corrected chi connectivity index (χ4v) is 2.61. The molecular weight excluding hydrogens is 256 g/mol. The van der Waals surface area contributed by atoms with E-state index in [0.29, 0.717) is 6.54 Å². The van der Waals surface area contributed by atoms with E-state index < -0.39 is 16.6 Å². The summed E-state index contributed by atoms with van der Waals surface area (Å²) in [6, 6.07) is 0. The standard InChI is InChI=1S/C11H24N2O4S/c1-3-4-5-6-7-13-9-8-12(2)10-11(13)17-18(14,15)16/h11H,3-10H2,1-2H3,(H,14,15,16). The van der Waals surface area contributed by atoms with Crippen LogP contribution < -0.4 is 0 Å². The molecule has 7 heteroatoms. The van der Waals surface area contributed by atoms with Crippen LogP contribution in [0.4, 0.5) is 0 Å². The number of hydrogen-bond acceptors (Lipinski definition) is 5. The molecule has 0 radical (unpaired) electrons. The normalized spacial score (nSPS) is 23.4. The van der Waals surface area contributed by atoms with Gasteiger partial charge in [0.2, 0.25) is 0 Å². The third-order valence-electron chi connectivity index (χ3n) is 3.18. The summed E-state index contributed by atoms with van der Waals surface area (Å²) in [5, 5.41) is 0. The predicted molar refractivity (Wildman–Crippen MR) is 69.6 cm³/mol. The Labute approximate surface area is 110 Å². The Morgan fingerprint density at radius 2 is 2.00 bits per heavy atom. The first-order valence-electron chi connectivity index (χ1n) is 6.50. The van der Waals surface area contributed by atoms with E-state index in [2.05, 4.69) is 6.92 Å². The number of nitrogens with zero attached hydrogens (tertiary/aromatic N) is 2. The van der Waals surface area contributed by atoms with Crippen molar-refractivity contribution in [1.82, 2.24) is 9.80 Å². The van der Waals surface area contributed by atoms with E-state index in [0.717, 1.165) is 32.5 Å². The van der Waals surface area contributed by atoms with E-state index in [4.69, 9.17) is 8.74 Å². The van der Waals surface area contributed by atoms with Crippen LogP contribution in [0, 0.1) is 0 Å². The van der Waals surface area contributed by atoms with Crippen molar-refractivity contribution in [3.8, 4) is 0 Å². The topological polar surface area (TPSA) is 70.1 Å². The lowest BCUT2D eigenvalue weighted by Crippen LogP contribution is -2.53. The van der Waals surface area contributed by atoms with Gasteiger partial charge in [0.1, 0.15) is 6.23 Å². The molecule has 18 heavy (non-hydrogen) atoms. The summed E-state index contributed by atoms with van der Waals surface area (Å²) in [6.45, 7) is 5.11. The SMILES string of the molecule is CCCCCCN1CCN(C)CC1OS(=O)(=O)O. The quantitative estimate of drug-likeness (QED) is 0.553. The van der Waals surface area contributed by atoms with Crippen molar-refractivity contribution in [3.63, 3.8) is 0 Å². The number of unbranched alkanes of at least 4 members (excludes halogenated alkanes) is 3. The highest BCUT2D eigenvalue weighted by atomic mass is 32.3. The maximum atomic E-state index is 10.8. The van der Waals surface area contributed by atoms with Crippen LogP contribution in [0.5, 0.6) is 0 Å². The maximum absolute atomic E-state index is 10.8. The van der Waals surface area contributed by atoms with Gasteiger partial charge in [-0.05, 0) is 13.5 Å². The van der Waals surface area contributed by atoms with Crippen LogP contribution in [0.3, 0.4) is 0 Å². The molecule has 108 valence electrons. The molecule has 1 rings (SSSR count). The second-order valence-electron chi connectivity index (χ2n) is 4.84. The van der Waals surface area contributed by atoms with Crippen molar-refractivity contribution >= 4 is 10.4 Å². The molecule has 0 aromatic carbocycles. The van der Waals surface area contributed by atoms with Crippen LogP contribution in [0.15, 0.2) is 0 Å². The monoisotopic (exact) mass is 280 g/mol. The third-order valence-corrected chi connectivity index (χ3v) is 3.64. The zero-order chi connectivity index (χ0) is 13.6.